The molecular weight excluding hydrogens is 356 g/mol. The highest BCUT2D eigenvalue weighted by Gasteiger charge is 2.39. The number of phenolic OH excluding ortho intramolecular Hbond substituents is 2. The molecule has 0 saturated carbocycles. The molecule has 2 N–H and O–H groups in total. The molecule has 0 amide bonds. The summed E-state index contributed by atoms with van der Waals surface area (Å²) in [6, 6.07) is 4.32. The van der Waals surface area contributed by atoms with Gasteiger partial charge in [0.05, 0.1) is 37.9 Å². The molecule has 1 aliphatic heterocycles. The van der Waals surface area contributed by atoms with Crippen molar-refractivity contribution >= 4 is 18.2 Å². The molecule has 0 saturated heterocycles. The highest BCUT2D eigenvalue weighted by Crippen LogP contribution is 2.33. The van der Waals surface area contributed by atoms with Crippen LogP contribution in [0.3, 0.4) is 0 Å². The van der Waals surface area contributed by atoms with Crippen LogP contribution in [0, 0.1) is 11.8 Å². The first-order valence-electron chi connectivity index (χ1n) is 8.43. The van der Waals surface area contributed by atoms with Crippen molar-refractivity contribution in [3.63, 3.8) is 0 Å². The zero-order valence-electron chi connectivity index (χ0n) is 15.1. The summed E-state index contributed by atoms with van der Waals surface area (Å²) in [5, 5.41) is 18.7. The van der Waals surface area contributed by atoms with E-state index < -0.39 is 29.9 Å². The predicted octanol–water partition coefficient (Wildman–Crippen LogP) is 1.48. The summed E-state index contributed by atoms with van der Waals surface area (Å²) in [4.78, 5) is 35.5. The molecule has 8 nitrogen and oxygen atoms in total. The monoisotopic (exact) mass is 378 g/mol. The summed E-state index contributed by atoms with van der Waals surface area (Å²) in [6.45, 7) is 1.73. The lowest BCUT2D eigenvalue weighted by molar-refractivity contribution is -0.146. The molecule has 1 aliphatic rings. The molecule has 1 aromatic rings. The molecule has 3 atom stereocenters. The minimum atomic E-state index is -0.691. The Morgan fingerprint density at radius 1 is 1.26 bits per heavy atom. The van der Waals surface area contributed by atoms with E-state index in [-0.39, 0.29) is 30.1 Å². The number of esters is 2. The first-order chi connectivity index (χ1) is 12.9. The average Bonchev–Trinajstić information content (AvgIpc) is 2.64. The van der Waals surface area contributed by atoms with Gasteiger partial charge < -0.3 is 29.2 Å². The molecule has 0 spiro atoms. The molecule has 0 bridgehead atoms. The zero-order chi connectivity index (χ0) is 20.0. The van der Waals surface area contributed by atoms with Crippen LogP contribution in [0.25, 0.3) is 0 Å². The summed E-state index contributed by atoms with van der Waals surface area (Å²) in [5.74, 6) is -3.08. The lowest BCUT2D eigenvalue weighted by atomic mass is 9.80. The molecule has 0 fully saturated rings. The summed E-state index contributed by atoms with van der Waals surface area (Å²) >= 11 is 0. The lowest BCUT2D eigenvalue weighted by Gasteiger charge is -2.32. The van der Waals surface area contributed by atoms with Crippen LogP contribution in [0.2, 0.25) is 0 Å². The van der Waals surface area contributed by atoms with Crippen LogP contribution in [0.5, 0.6) is 11.5 Å². The first kappa shape index (κ1) is 20.3. The Kier molecular flexibility index (Phi) is 6.81. The van der Waals surface area contributed by atoms with Gasteiger partial charge in [-0.1, -0.05) is 6.07 Å². The van der Waals surface area contributed by atoms with Crippen LogP contribution < -0.4 is 0 Å². The van der Waals surface area contributed by atoms with E-state index in [2.05, 4.69) is 0 Å². The number of methoxy groups -OCH3 is 1. The molecule has 1 heterocycles. The van der Waals surface area contributed by atoms with Gasteiger partial charge in [0.25, 0.3) is 0 Å². The van der Waals surface area contributed by atoms with Gasteiger partial charge in [-0.15, -0.1) is 0 Å². The fraction of sp³-hybridized carbons (Fsp3) is 0.421. The zero-order valence-corrected chi connectivity index (χ0v) is 15.1. The number of carbonyl (C=O) groups is 3. The van der Waals surface area contributed by atoms with Crippen molar-refractivity contribution in [2.24, 2.45) is 11.8 Å². The number of benzene rings is 1. The van der Waals surface area contributed by atoms with E-state index in [0.717, 1.165) is 0 Å². The van der Waals surface area contributed by atoms with Crippen LogP contribution in [-0.4, -0.2) is 48.3 Å². The molecule has 1 aromatic carbocycles. The maximum Gasteiger partial charge on any atom is 0.337 e. The van der Waals surface area contributed by atoms with E-state index in [9.17, 15) is 24.6 Å². The van der Waals surface area contributed by atoms with E-state index in [1.165, 1.54) is 25.5 Å². The number of phenols is 2. The summed E-state index contributed by atoms with van der Waals surface area (Å²) in [5.41, 5.74) is 0.798. The van der Waals surface area contributed by atoms with Gasteiger partial charge in [0.1, 0.15) is 12.4 Å². The van der Waals surface area contributed by atoms with Gasteiger partial charge in [-0.3, -0.25) is 4.79 Å². The van der Waals surface area contributed by atoms with Crippen LogP contribution in [0.1, 0.15) is 18.9 Å². The maximum absolute atomic E-state index is 12.2. The van der Waals surface area contributed by atoms with Crippen molar-refractivity contribution in [2.75, 3.05) is 13.7 Å². The normalized spacial score (nSPS) is 21.6. The van der Waals surface area contributed by atoms with E-state index >= 15 is 0 Å². The van der Waals surface area contributed by atoms with Gasteiger partial charge in [0.15, 0.2) is 11.5 Å². The van der Waals surface area contributed by atoms with Crippen LogP contribution in [-0.2, 0) is 35.0 Å². The van der Waals surface area contributed by atoms with E-state index in [1.54, 1.807) is 13.0 Å². The van der Waals surface area contributed by atoms with Crippen molar-refractivity contribution < 1.29 is 38.8 Å². The Morgan fingerprint density at radius 3 is 2.63 bits per heavy atom. The molecular formula is C19H22O8. The molecule has 146 valence electrons. The van der Waals surface area contributed by atoms with Gasteiger partial charge in [-0.2, -0.15) is 0 Å². The number of aldehydes is 1. The van der Waals surface area contributed by atoms with Crippen molar-refractivity contribution in [1.82, 2.24) is 0 Å². The SMILES string of the molecule is COC(=O)C1=CO[C@@H](C)[C@@H](C=O)C1CC(=O)OCCc1ccc(O)c(O)c1. The van der Waals surface area contributed by atoms with Crippen molar-refractivity contribution in [1.29, 1.82) is 0 Å². The molecule has 1 unspecified atom stereocenters. The third-order valence-corrected chi connectivity index (χ3v) is 4.47. The number of hydrogen-bond donors (Lipinski definition) is 2. The Labute approximate surface area is 156 Å². The maximum atomic E-state index is 12.2. The Hall–Kier alpha value is -3.03. The van der Waals surface area contributed by atoms with Gasteiger partial charge in [0, 0.05) is 12.3 Å². The number of aromatic hydroxyl groups is 2. The van der Waals surface area contributed by atoms with Crippen LogP contribution in [0.15, 0.2) is 30.0 Å². The lowest BCUT2D eigenvalue weighted by Crippen LogP contribution is -2.37. The number of rotatable bonds is 7. The van der Waals surface area contributed by atoms with Gasteiger partial charge in [-0.05, 0) is 24.6 Å². The van der Waals surface area contributed by atoms with E-state index in [4.69, 9.17) is 14.2 Å². The molecule has 2 rings (SSSR count). The molecule has 0 aromatic heterocycles. The summed E-state index contributed by atoms with van der Waals surface area (Å²) < 4.78 is 15.2. The highest BCUT2D eigenvalue weighted by atomic mass is 16.5. The third-order valence-electron chi connectivity index (χ3n) is 4.47. The number of hydrogen-bond acceptors (Lipinski definition) is 8. The second-order valence-corrected chi connectivity index (χ2v) is 6.22. The minimum Gasteiger partial charge on any atom is -0.504 e. The van der Waals surface area contributed by atoms with Crippen molar-refractivity contribution in [3.05, 3.63) is 35.6 Å². The Balaban J connectivity index is 1.97. The smallest absolute Gasteiger partial charge is 0.337 e. The topological polar surface area (TPSA) is 119 Å². The van der Waals surface area contributed by atoms with E-state index in [1.807, 2.05) is 0 Å². The number of ether oxygens (including phenoxy) is 3. The quantitative estimate of drug-likeness (QED) is 0.416. The van der Waals surface area contributed by atoms with Crippen LogP contribution >= 0.6 is 0 Å². The Morgan fingerprint density at radius 2 is 2.00 bits per heavy atom. The fourth-order valence-corrected chi connectivity index (χ4v) is 2.91. The molecule has 0 aliphatic carbocycles. The molecule has 0 radical (unpaired) electrons. The minimum absolute atomic E-state index is 0.0465. The fourth-order valence-electron chi connectivity index (χ4n) is 2.91. The highest BCUT2D eigenvalue weighted by molar-refractivity contribution is 5.90. The largest absolute Gasteiger partial charge is 0.504 e. The molecule has 27 heavy (non-hydrogen) atoms. The standard InChI is InChI=1S/C19H22O8/c1-11-14(9-20)13(15(10-27-11)19(24)25-2)8-18(23)26-6-5-12-3-4-16(21)17(22)7-12/h3-4,7,9-11,13-14,21-22H,5-6,8H2,1-2H3/t11-,13?,14+/m0/s1. The van der Waals surface area contributed by atoms with Gasteiger partial charge in [-0.25, -0.2) is 4.79 Å². The number of carbonyl (C=O) groups excluding carboxylic acids is 3. The second kappa shape index (κ2) is 9.07. The van der Waals surface area contributed by atoms with E-state index in [0.29, 0.717) is 18.3 Å². The molecule has 8 heteroatoms. The van der Waals surface area contributed by atoms with Crippen molar-refractivity contribution in [2.45, 2.75) is 25.9 Å². The van der Waals surface area contributed by atoms with Gasteiger partial charge >= 0.3 is 11.9 Å². The van der Waals surface area contributed by atoms with Crippen LogP contribution in [0.4, 0.5) is 0 Å². The third kappa shape index (κ3) is 4.99. The average molecular weight is 378 g/mol. The predicted molar refractivity (Wildman–Crippen MR) is 92.7 cm³/mol. The van der Waals surface area contributed by atoms with Gasteiger partial charge in [0.2, 0.25) is 0 Å². The summed E-state index contributed by atoms with van der Waals surface area (Å²) in [6.07, 6.45) is 1.58. The second-order valence-electron chi connectivity index (χ2n) is 6.22. The Bertz CT molecular complexity index is 739. The van der Waals surface area contributed by atoms with Crippen molar-refractivity contribution in [3.8, 4) is 11.5 Å². The summed E-state index contributed by atoms with van der Waals surface area (Å²) in [7, 11) is 1.21. The first-order valence-corrected chi connectivity index (χ1v) is 8.43.